The van der Waals surface area contributed by atoms with Gasteiger partial charge in [-0.05, 0) is 47.0 Å². The molecule has 0 radical (unpaired) electrons. The van der Waals surface area contributed by atoms with E-state index in [4.69, 9.17) is 40.8 Å². The smallest absolute Gasteiger partial charge is 0.420 e. The Hall–Kier alpha value is -6.36. The van der Waals surface area contributed by atoms with Gasteiger partial charge in [0.25, 0.3) is 5.91 Å². The number of piperazine rings is 1. The zero-order valence-corrected chi connectivity index (χ0v) is 36.7. The summed E-state index contributed by atoms with van der Waals surface area (Å²) in [6, 6.07) is 5.64. The number of ether oxygens (including phenoxy) is 3. The minimum Gasteiger partial charge on any atom is -0.480 e. The highest BCUT2D eigenvalue weighted by atomic mass is 79.9. The number of aromatic nitrogens is 11. The first-order valence-electron chi connectivity index (χ1n) is 19.6. The third-order valence-electron chi connectivity index (χ3n) is 10.2. The van der Waals surface area contributed by atoms with Gasteiger partial charge in [0.05, 0.1) is 63.8 Å². The molecule has 0 spiro atoms. The Morgan fingerprint density at radius 1 is 1.06 bits per heavy atom. The third-order valence-corrected chi connectivity index (χ3v) is 11.1. The Labute approximate surface area is 367 Å². The van der Waals surface area contributed by atoms with E-state index >= 15 is 0 Å². The van der Waals surface area contributed by atoms with Crippen molar-refractivity contribution >= 4 is 90.8 Å². The van der Waals surface area contributed by atoms with Crippen LogP contribution in [0.15, 0.2) is 59.6 Å². The molecule has 0 bridgehead atoms. The van der Waals surface area contributed by atoms with Gasteiger partial charge in [-0.2, -0.15) is 34.6 Å². The second-order valence-electron chi connectivity index (χ2n) is 14.5. The topological polar surface area (TPSA) is 225 Å². The summed E-state index contributed by atoms with van der Waals surface area (Å²) in [7, 11) is 5.00. The molecule has 2 saturated heterocycles. The standard InChI is InChI=1S/C28H33BrN10O4.C11H11ClN6O/c1-17-4-5-22-21(12-17)33-23(38(22)28(41)43-16-18(2)25(40)37-9-6-19(15-37)42-3)14-31-26-35-27(36-10-7-30-8-11-36)34-24-20(29)13-32-39(24)26;1-18-5-6(3-14-18)15-11-16-9-8(7(12)4-13-9)10(17-11)19-2/h4-5,12-13,19,30H,2,6-11,14-16H2,1,3H3,(H,31,34,35);3-5H,1-2H3,(H2,13,15,16,17). The van der Waals surface area contributed by atoms with Crippen LogP contribution < -0.4 is 25.6 Å². The minimum atomic E-state index is -0.663. The van der Waals surface area contributed by atoms with E-state index in [0.717, 1.165) is 48.3 Å². The molecule has 2 aliphatic heterocycles. The molecule has 1 aromatic carbocycles. The van der Waals surface area contributed by atoms with Crippen LogP contribution in [-0.4, -0.2) is 137 Å². The fraction of sp³-hybridized carbons (Fsp3) is 0.359. The monoisotopic (exact) mass is 930 g/mol. The van der Waals surface area contributed by atoms with E-state index in [-0.39, 0.29) is 30.7 Å². The Kier molecular flexibility index (Phi) is 12.5. The fourth-order valence-electron chi connectivity index (χ4n) is 7.07. The summed E-state index contributed by atoms with van der Waals surface area (Å²) in [5.41, 5.74) is 4.45. The lowest BCUT2D eigenvalue weighted by molar-refractivity contribution is -0.126. The van der Waals surface area contributed by atoms with Crippen LogP contribution in [0.3, 0.4) is 0 Å². The number of nitrogens with zero attached hydrogens (tertiary/aromatic N) is 12. The number of halogens is 2. The molecule has 7 aromatic rings. The van der Waals surface area contributed by atoms with E-state index in [1.165, 1.54) is 4.57 Å². The summed E-state index contributed by atoms with van der Waals surface area (Å²) in [5.74, 6) is 2.02. The second-order valence-corrected chi connectivity index (χ2v) is 15.8. The van der Waals surface area contributed by atoms with Crippen molar-refractivity contribution in [2.24, 2.45) is 7.05 Å². The molecule has 1 unspecified atom stereocenters. The molecule has 6 aromatic heterocycles. The second kappa shape index (κ2) is 18.3. The van der Waals surface area contributed by atoms with Crippen molar-refractivity contribution in [1.82, 2.24) is 64.1 Å². The highest BCUT2D eigenvalue weighted by Crippen LogP contribution is 2.31. The first-order valence-corrected chi connectivity index (χ1v) is 20.8. The number of nitrogens with one attached hydrogen (secondary N) is 4. The first-order chi connectivity index (χ1) is 30.0. The lowest BCUT2D eigenvalue weighted by Gasteiger charge is -2.27. The Morgan fingerprint density at radius 2 is 1.89 bits per heavy atom. The van der Waals surface area contributed by atoms with Crippen molar-refractivity contribution in [2.45, 2.75) is 26.0 Å². The lowest BCUT2D eigenvalue weighted by atomic mass is 10.2. The number of carbonyl (C=O) groups excluding carboxylic acids is 2. The van der Waals surface area contributed by atoms with Gasteiger partial charge in [-0.1, -0.05) is 24.2 Å². The molecule has 2 fully saturated rings. The Bertz CT molecular complexity index is 2780. The molecule has 1 atom stereocenters. The first kappa shape index (κ1) is 42.3. The van der Waals surface area contributed by atoms with Crippen molar-refractivity contribution in [2.75, 3.05) is 75.6 Å². The molecule has 23 heteroatoms. The van der Waals surface area contributed by atoms with E-state index in [0.29, 0.717) is 75.4 Å². The van der Waals surface area contributed by atoms with E-state index in [1.54, 1.807) is 46.9 Å². The van der Waals surface area contributed by atoms with Crippen molar-refractivity contribution in [3.63, 3.8) is 0 Å². The van der Waals surface area contributed by atoms with Gasteiger partial charge in [-0.25, -0.2) is 14.3 Å². The maximum Gasteiger partial charge on any atom is 0.420 e. The summed E-state index contributed by atoms with van der Waals surface area (Å²) in [6.45, 7) is 10.0. The molecule has 1 amide bonds. The van der Waals surface area contributed by atoms with Crippen LogP contribution in [0.2, 0.25) is 5.02 Å². The molecule has 324 valence electrons. The Morgan fingerprint density at radius 3 is 2.63 bits per heavy atom. The molecular weight excluding hydrogens is 888 g/mol. The lowest BCUT2D eigenvalue weighted by Crippen LogP contribution is -2.44. The van der Waals surface area contributed by atoms with Gasteiger partial charge in [0, 0.05) is 71.4 Å². The number of rotatable bonds is 11. The van der Waals surface area contributed by atoms with E-state index in [2.05, 4.69) is 68.5 Å². The maximum atomic E-state index is 13.5. The van der Waals surface area contributed by atoms with Crippen LogP contribution in [0.4, 0.5) is 28.3 Å². The van der Waals surface area contributed by atoms with Crippen molar-refractivity contribution in [3.05, 3.63) is 76.0 Å². The number of hydrogen-bond acceptors (Lipinski definition) is 16. The van der Waals surface area contributed by atoms with Crippen molar-refractivity contribution in [1.29, 1.82) is 0 Å². The largest absolute Gasteiger partial charge is 0.480 e. The maximum absolute atomic E-state index is 13.5. The summed E-state index contributed by atoms with van der Waals surface area (Å²) in [6.07, 6.45) is 6.92. The summed E-state index contributed by atoms with van der Waals surface area (Å²) in [4.78, 5) is 55.9. The van der Waals surface area contributed by atoms with E-state index in [9.17, 15) is 9.59 Å². The number of aromatic amines is 1. The van der Waals surface area contributed by atoms with Crippen LogP contribution in [0.5, 0.6) is 5.88 Å². The van der Waals surface area contributed by atoms with Gasteiger partial charge >= 0.3 is 6.09 Å². The zero-order chi connectivity index (χ0) is 43.5. The van der Waals surface area contributed by atoms with E-state index in [1.807, 2.05) is 38.4 Å². The van der Waals surface area contributed by atoms with Gasteiger partial charge in [-0.3, -0.25) is 9.48 Å². The highest BCUT2D eigenvalue weighted by Gasteiger charge is 2.28. The van der Waals surface area contributed by atoms with E-state index < -0.39 is 6.09 Å². The van der Waals surface area contributed by atoms with Gasteiger partial charge in [0.2, 0.25) is 23.7 Å². The highest BCUT2D eigenvalue weighted by molar-refractivity contribution is 9.10. The number of carbonyl (C=O) groups is 2. The molecule has 0 aliphatic carbocycles. The third kappa shape index (κ3) is 8.98. The van der Waals surface area contributed by atoms with Gasteiger partial charge in [0.1, 0.15) is 18.1 Å². The molecule has 4 N–H and O–H groups in total. The minimum absolute atomic E-state index is 0.00189. The number of imidazole rings is 1. The zero-order valence-electron chi connectivity index (χ0n) is 34.4. The molecular formula is C39H44BrClN16O5. The molecule has 8 heterocycles. The number of anilines is 4. The molecule has 0 saturated carbocycles. The van der Waals surface area contributed by atoms with Crippen molar-refractivity contribution < 1.29 is 23.8 Å². The average molecular weight is 932 g/mol. The van der Waals surface area contributed by atoms with Gasteiger partial charge in [-0.15, -0.1) is 0 Å². The molecule has 62 heavy (non-hydrogen) atoms. The van der Waals surface area contributed by atoms with Crippen LogP contribution in [0.25, 0.3) is 27.7 Å². The SMILES string of the molecule is C=C(COC(=O)n1c(CNc2nc(N3CCNCC3)nc3c(Br)cnn23)nc2cc(C)ccc21)C(=O)N1CCC(OC)C1.COc1nc(Nc2cnn(C)c2)nc2[nH]cc(Cl)c12. The number of hydrogen-bond donors (Lipinski definition) is 4. The summed E-state index contributed by atoms with van der Waals surface area (Å²) in [5, 5.41) is 19.4. The number of aryl methyl sites for hydroxylation is 2. The molecule has 2 aliphatic rings. The van der Waals surface area contributed by atoms with Gasteiger partial charge in [0.15, 0.2) is 5.65 Å². The Balaban J connectivity index is 0.000000231. The van der Waals surface area contributed by atoms with Crippen LogP contribution in [0, 0.1) is 6.92 Å². The number of fused-ring (bicyclic) bond motifs is 3. The normalized spacial score (nSPS) is 15.2. The molecule has 9 rings (SSSR count). The predicted molar refractivity (Wildman–Crippen MR) is 235 cm³/mol. The fourth-order valence-corrected chi connectivity index (χ4v) is 7.64. The number of amides is 1. The summed E-state index contributed by atoms with van der Waals surface area (Å²) < 4.78 is 21.6. The summed E-state index contributed by atoms with van der Waals surface area (Å²) >= 11 is 9.58. The number of methoxy groups -OCH3 is 2. The molecule has 21 nitrogen and oxygen atoms in total. The number of benzene rings is 1. The van der Waals surface area contributed by atoms with Crippen LogP contribution in [0.1, 0.15) is 17.8 Å². The van der Waals surface area contributed by atoms with Crippen LogP contribution in [-0.2, 0) is 27.9 Å². The predicted octanol–water partition coefficient (Wildman–Crippen LogP) is 4.45. The average Bonchev–Trinajstić information content (AvgIpc) is 4.14. The number of H-pyrrole nitrogens is 1. The quantitative estimate of drug-likeness (QED) is 0.132. The number of likely N-dealkylation sites (tertiary alicyclic amines) is 1. The van der Waals surface area contributed by atoms with Crippen LogP contribution >= 0.6 is 27.5 Å². The van der Waals surface area contributed by atoms with Gasteiger partial charge < -0.3 is 44.9 Å². The van der Waals surface area contributed by atoms with Crippen molar-refractivity contribution in [3.8, 4) is 5.88 Å².